The molecule has 6 fully saturated rings. The molecule has 0 aromatic carbocycles. The first-order chi connectivity index (χ1) is 62.6. The summed E-state index contributed by atoms with van der Waals surface area (Å²) in [4.78, 5) is 112. The van der Waals surface area contributed by atoms with Crippen LogP contribution in [0.2, 0.25) is 0 Å². The van der Waals surface area contributed by atoms with Gasteiger partial charge in [-0.1, -0.05) is 56.3 Å². The van der Waals surface area contributed by atoms with Gasteiger partial charge >= 0.3 is 0 Å². The zero-order valence-corrected chi connectivity index (χ0v) is 68.4. The molecule has 6 aliphatic rings. The van der Waals surface area contributed by atoms with Crippen molar-refractivity contribution in [2.45, 2.75) is 128 Å². The Kier molecular flexibility index (Phi) is 26.0. The van der Waals surface area contributed by atoms with Crippen molar-refractivity contribution in [2.75, 3.05) is 62.6 Å². The van der Waals surface area contributed by atoms with Gasteiger partial charge in [-0.25, -0.2) is 59.8 Å². The zero-order valence-electron chi connectivity index (χ0n) is 68.4. The van der Waals surface area contributed by atoms with E-state index in [-0.39, 0.29) is 74.0 Å². The normalized spacial score (nSPS) is 31.4. The topological polar surface area (TPSA) is 815 Å². The fourth-order valence-corrected chi connectivity index (χ4v) is 15.6. The van der Waals surface area contributed by atoms with Crippen molar-refractivity contribution in [3.8, 4) is 92.3 Å². The number of nitrogens with zero attached hydrogens (tertiary/aromatic N) is 23. The third kappa shape index (κ3) is 15.5. The molecule has 12 aromatic heterocycles. The Balaban J connectivity index is 0.000000134. The van der Waals surface area contributed by atoms with Crippen LogP contribution in [-0.2, 0) is 28.4 Å². The van der Waals surface area contributed by atoms with Crippen molar-refractivity contribution in [1.29, 1.82) is 15.8 Å². The fraction of sp³-hybridized carbons (Fsp3) is 0.423. The zero-order chi connectivity index (χ0) is 95.1. The molecule has 18 rings (SSSR count). The van der Waals surface area contributed by atoms with Gasteiger partial charge in [-0.2, -0.15) is 25.8 Å². The van der Waals surface area contributed by atoms with Gasteiger partial charge in [0, 0.05) is 17.8 Å². The summed E-state index contributed by atoms with van der Waals surface area (Å²) >= 11 is 0. The smallest absolute Gasteiger partial charge is 0.280 e. The number of fused-ring (bicyclic) bond motifs is 6. The number of aromatic nitrogens is 24. The van der Waals surface area contributed by atoms with Crippen LogP contribution in [0.25, 0.3) is 67.0 Å². The molecule has 12 aromatic rings. The van der Waals surface area contributed by atoms with E-state index < -0.39 is 194 Å². The molecule has 678 valence electrons. The fourth-order valence-electron chi connectivity index (χ4n) is 15.6. The molecule has 131 heavy (non-hydrogen) atoms. The number of nitriles is 3. The van der Waals surface area contributed by atoms with E-state index in [2.05, 4.69) is 125 Å². The minimum Gasteiger partial charge on any atom is -0.392 e. The Labute approximate surface area is 733 Å². The lowest BCUT2D eigenvalue weighted by Crippen LogP contribution is -2.43. The first-order valence-corrected chi connectivity index (χ1v) is 38.6. The van der Waals surface area contributed by atoms with E-state index >= 15 is 0 Å². The van der Waals surface area contributed by atoms with Gasteiger partial charge in [0.1, 0.15) is 96.7 Å². The van der Waals surface area contributed by atoms with Gasteiger partial charge in [-0.05, 0) is 0 Å². The van der Waals surface area contributed by atoms with E-state index in [1.165, 1.54) is 86.1 Å². The number of terminal acetylenes is 6. The Morgan fingerprint density at radius 3 is 0.832 bits per heavy atom. The number of nitrogens with two attached hydrogens (primary N) is 4. The van der Waals surface area contributed by atoms with Crippen molar-refractivity contribution < 1.29 is 89.7 Å². The van der Waals surface area contributed by atoms with Crippen LogP contribution in [-0.4, -0.2) is 288 Å². The van der Waals surface area contributed by atoms with Crippen LogP contribution < -0.4 is 45.2 Å². The molecular formula is C78H79N31O22. The predicted molar refractivity (Wildman–Crippen MR) is 444 cm³/mol. The SMILES string of the molecule is C#C[C@]1(CO)O[C@@H](n2cnc3c(=O)[nH]c(N)nc32)[C@@H](C#N)[C@@H]1O.C#C[C@]1(CO)O[C@@H](n2cnc3c(=O)[nH]c(N)nc32)[C@@H](C)[C@@H]1O.C#C[C@]1(CO)O[C@@H](n2cnc3c(=O)[nH]cnc32)[C@@H](C#N)[C@@H]1O.C#C[C@]1(CO)O[C@@H](n2cnc3c(=O)[nH]cnc32)[C@@H](C)[C@@H]1O.C#C[C@]1(CO)O[C@@H](n2cnc3c(N)ncnc32)[C@@H](C#N)[C@@H]1O.C#C[C@]1(CO)O[C@@H](n2cnc3c(N)ncnc32)[C@@H](C)[C@@H]1O. The van der Waals surface area contributed by atoms with Gasteiger partial charge in [0.2, 0.25) is 11.9 Å². The number of hydrogen-bond donors (Lipinski definition) is 20. The monoisotopic (exact) mass is 1800 g/mol. The summed E-state index contributed by atoms with van der Waals surface area (Å²) in [6.45, 7) is 1.76. The Morgan fingerprint density at radius 1 is 0.344 bits per heavy atom. The van der Waals surface area contributed by atoms with Crippen LogP contribution in [0.5, 0.6) is 0 Å². The number of aliphatic hydroxyl groups is 12. The quantitative estimate of drug-likeness (QED) is 0.0505. The standard InChI is InChI=1S/C13H12N6O4.C13H12N6O3.C13H15N5O4.C13H11N5O4.C13H15N5O3.C13H14N4O4/c1-2-13(4-20)8(21)6(3-14)11(23-13)19-5-16-7-9(19)17-12(15)18-10(7)22;1-2-13(4-20)9(21)7(3-14)12(22-13)19-6-18-8-10(15)16-5-17-11(8)19;1-3-13(4-19)8(20)6(2)11(22-13)18-5-15-7-9(18)16-12(14)17-10(7)21;1-2-13(4-19)9(20)7(3-14)12(22-13)18-6-17-8-10(18)15-5-16-11(8)21;1-3-13(4-19)9(20)7(2)12(21-13)18-6-17-8-10(14)15-5-16-11(8)18;1-3-13(4-18)9(19)7(2)12(21-13)17-6-16-8-10(17)14-5-15-11(8)20/h1,5-6,8,11,20-21H,4H2,(H3,15,17,18,22);1,5-7,9,12,20-21H,4H2,(H2,15,16,17);1,5-6,8,11,19-20H,4H2,2H3,(H3,14,16,17,21);1,5-7,9,12,19-20H,4H2,(H,15,16,21);1,5-7,9,12,19-20H,4H2,2H3,(H2,14,15,16);1,5-7,9,12,18-19H,4H2,2H3,(H,14,15,20)/t6-,8-,11+,13+;7-,9-,12+,13+;6-,8-,11+,13+;3*7-,9-,12+,13+/m000000/s1. The summed E-state index contributed by atoms with van der Waals surface area (Å²) in [6, 6.07) is 5.75. The molecule has 0 spiro atoms. The highest BCUT2D eigenvalue weighted by atomic mass is 16.6. The Hall–Kier alpha value is -15.2. The van der Waals surface area contributed by atoms with Crippen LogP contribution in [0.15, 0.2) is 82.5 Å². The van der Waals surface area contributed by atoms with E-state index in [4.69, 9.17) is 89.9 Å². The summed E-state index contributed by atoms with van der Waals surface area (Å²) in [5, 5.41) is 146. The minimum atomic E-state index is -1.73. The van der Waals surface area contributed by atoms with E-state index in [1.54, 1.807) is 25.3 Å². The number of nitrogens with one attached hydrogen (secondary N) is 4. The van der Waals surface area contributed by atoms with Crippen LogP contribution in [0, 0.1) is 144 Å². The van der Waals surface area contributed by atoms with Gasteiger partial charge in [0.25, 0.3) is 22.2 Å². The van der Waals surface area contributed by atoms with Gasteiger partial charge in [-0.3, -0.25) is 56.5 Å². The molecule has 24 N–H and O–H groups in total. The summed E-state index contributed by atoms with van der Waals surface area (Å²) in [6.07, 6.45) is 33.1. The third-order valence-electron chi connectivity index (χ3n) is 23.0. The maximum atomic E-state index is 11.8. The Bertz CT molecular complexity index is 7020. The summed E-state index contributed by atoms with van der Waals surface area (Å²) in [5.74, 6) is 9.43. The number of imidazole rings is 6. The average molecular weight is 1800 g/mol. The largest absolute Gasteiger partial charge is 0.392 e. The number of ether oxygens (including phenoxy) is 6. The molecule has 6 saturated heterocycles. The first kappa shape index (κ1) is 93.4. The van der Waals surface area contributed by atoms with Crippen molar-refractivity contribution in [1.82, 2.24) is 117 Å². The number of nitrogen functional groups attached to an aromatic ring is 4. The van der Waals surface area contributed by atoms with E-state index in [0.29, 0.717) is 28.0 Å². The maximum Gasteiger partial charge on any atom is 0.280 e. The predicted octanol–water partition coefficient (Wildman–Crippen LogP) is -7.69. The van der Waals surface area contributed by atoms with Crippen LogP contribution in [0.4, 0.5) is 23.5 Å². The molecule has 53 nitrogen and oxygen atoms in total. The summed E-state index contributed by atoms with van der Waals surface area (Å²) < 4.78 is 42.6. The second-order valence-electron chi connectivity index (χ2n) is 30.2. The first-order valence-electron chi connectivity index (χ1n) is 38.6. The number of aromatic amines is 4. The summed E-state index contributed by atoms with van der Waals surface area (Å²) in [7, 11) is 0. The number of rotatable bonds is 12. The molecule has 6 aliphatic heterocycles. The van der Waals surface area contributed by atoms with Crippen molar-refractivity contribution >= 4 is 90.5 Å². The summed E-state index contributed by atoms with van der Waals surface area (Å²) in [5.41, 5.74) is 14.0. The van der Waals surface area contributed by atoms with Gasteiger partial charge in [0.05, 0.1) is 108 Å². The van der Waals surface area contributed by atoms with Crippen LogP contribution in [0.1, 0.15) is 58.1 Å². The third-order valence-corrected chi connectivity index (χ3v) is 23.0. The van der Waals surface area contributed by atoms with E-state index in [0.717, 1.165) is 0 Å². The highest BCUT2D eigenvalue weighted by molar-refractivity contribution is 5.82. The van der Waals surface area contributed by atoms with E-state index in [9.17, 15) is 96.2 Å². The van der Waals surface area contributed by atoms with Crippen molar-refractivity contribution in [3.05, 3.63) is 105 Å². The van der Waals surface area contributed by atoms with Gasteiger partial charge in [0.15, 0.2) is 120 Å². The molecule has 53 heteroatoms. The lowest BCUT2D eigenvalue weighted by Gasteiger charge is -2.23. The minimum absolute atomic E-state index is 0.00353. The number of hydrogen-bond acceptors (Lipinski definition) is 43. The number of H-pyrrole nitrogens is 4. The van der Waals surface area contributed by atoms with Crippen molar-refractivity contribution in [3.63, 3.8) is 0 Å². The second-order valence-corrected chi connectivity index (χ2v) is 30.2. The number of anilines is 4. The van der Waals surface area contributed by atoms with Crippen LogP contribution in [0.3, 0.4) is 0 Å². The molecule has 0 bridgehead atoms. The van der Waals surface area contributed by atoms with Gasteiger partial charge < -0.3 is 123 Å². The Morgan fingerprint density at radius 2 is 0.573 bits per heavy atom. The molecule has 0 radical (unpaired) electrons. The molecule has 24 atom stereocenters. The molecule has 0 saturated carbocycles. The highest BCUT2D eigenvalue weighted by Crippen LogP contribution is 2.48. The van der Waals surface area contributed by atoms with Gasteiger partial charge in [-0.15, -0.1) is 38.5 Å². The molecule has 0 aliphatic carbocycles. The molecular weight excluding hydrogens is 1720 g/mol. The molecule has 18 heterocycles. The second kappa shape index (κ2) is 36.5. The maximum absolute atomic E-state index is 11.8. The van der Waals surface area contributed by atoms with Crippen LogP contribution >= 0.6 is 0 Å². The molecule has 0 amide bonds. The van der Waals surface area contributed by atoms with E-state index in [1.807, 2.05) is 18.2 Å². The highest BCUT2D eigenvalue weighted by Gasteiger charge is 2.60. The number of aliphatic hydroxyl groups excluding tert-OH is 12. The lowest BCUT2D eigenvalue weighted by atomic mass is 9.91. The lowest BCUT2D eigenvalue weighted by molar-refractivity contribution is -0.0896. The molecule has 0 unspecified atom stereocenters. The van der Waals surface area contributed by atoms with Crippen molar-refractivity contribution in [2.24, 2.45) is 35.5 Å². The average Bonchev–Trinajstić information content (AvgIpc) is 1.61.